The smallest absolute Gasteiger partial charge is 0.409 e. The van der Waals surface area contributed by atoms with E-state index in [2.05, 4.69) is 15.6 Å². The molecule has 1 fully saturated rings. The van der Waals surface area contributed by atoms with Crippen molar-refractivity contribution in [2.75, 3.05) is 33.9 Å². The van der Waals surface area contributed by atoms with Gasteiger partial charge in [-0.3, -0.25) is 0 Å². The summed E-state index contributed by atoms with van der Waals surface area (Å²) < 4.78 is 9.81. The molecule has 1 aliphatic rings. The molecule has 0 saturated carbocycles. The number of nitrogens with one attached hydrogen (secondary N) is 2. The lowest BCUT2D eigenvalue weighted by atomic mass is 10.1. The Balaban J connectivity index is 0.00000364. The van der Waals surface area contributed by atoms with Crippen LogP contribution in [0, 0.1) is 0 Å². The zero-order chi connectivity index (χ0) is 18.9. The maximum absolute atomic E-state index is 11.5. The lowest BCUT2D eigenvalue weighted by Crippen LogP contribution is -2.49. The van der Waals surface area contributed by atoms with Crippen molar-refractivity contribution in [2.45, 2.75) is 32.4 Å². The van der Waals surface area contributed by atoms with E-state index in [1.54, 1.807) is 17.0 Å². The average Bonchev–Trinajstić information content (AvgIpc) is 2.66. The molecule has 9 heteroatoms. The molecule has 27 heavy (non-hydrogen) atoms. The van der Waals surface area contributed by atoms with Crippen molar-refractivity contribution in [1.82, 2.24) is 15.5 Å². The number of nitrogens with zero attached hydrogens (tertiary/aromatic N) is 2. The molecule has 0 radical (unpaired) electrons. The van der Waals surface area contributed by atoms with Gasteiger partial charge in [0.1, 0.15) is 0 Å². The van der Waals surface area contributed by atoms with Crippen LogP contribution in [0.2, 0.25) is 0 Å². The molecule has 0 bridgehead atoms. The van der Waals surface area contributed by atoms with E-state index >= 15 is 0 Å². The standard InChI is InChI=1S/C18H28N4O4.HI/c1-4-19-17(20-12-13-5-6-16(25-2)15(23)11-13)21-14-7-9-22(10-8-14)18(24)26-3;/h5-6,11,14,23H,4,7-10,12H2,1-3H3,(H2,19,20,21);1H. The van der Waals surface area contributed by atoms with Gasteiger partial charge in [-0.05, 0) is 37.5 Å². The topological polar surface area (TPSA) is 95.4 Å². The fourth-order valence-corrected chi connectivity index (χ4v) is 2.85. The number of hydrogen-bond donors (Lipinski definition) is 3. The molecule has 0 atom stereocenters. The monoisotopic (exact) mass is 492 g/mol. The summed E-state index contributed by atoms with van der Waals surface area (Å²) in [6.45, 7) is 4.52. The van der Waals surface area contributed by atoms with Crippen LogP contribution in [0.5, 0.6) is 11.5 Å². The van der Waals surface area contributed by atoms with Crippen molar-refractivity contribution in [1.29, 1.82) is 0 Å². The molecule has 1 amide bonds. The SMILES string of the molecule is CCNC(=NCc1ccc(OC)c(O)c1)NC1CCN(C(=O)OC)CC1.I. The Hall–Kier alpha value is -1.91. The number of aliphatic imine (C=N–C) groups is 1. The van der Waals surface area contributed by atoms with Crippen LogP contribution in [-0.2, 0) is 11.3 Å². The molecule has 0 spiro atoms. The second kappa shape index (κ2) is 11.7. The highest BCUT2D eigenvalue weighted by Gasteiger charge is 2.23. The van der Waals surface area contributed by atoms with Crippen LogP contribution >= 0.6 is 24.0 Å². The van der Waals surface area contributed by atoms with Crippen LogP contribution < -0.4 is 15.4 Å². The molecule has 3 N–H and O–H groups in total. The zero-order valence-electron chi connectivity index (χ0n) is 16.0. The second-order valence-electron chi connectivity index (χ2n) is 6.08. The molecule has 1 aliphatic heterocycles. The van der Waals surface area contributed by atoms with Gasteiger partial charge < -0.3 is 30.1 Å². The summed E-state index contributed by atoms with van der Waals surface area (Å²) in [5.41, 5.74) is 0.890. The average molecular weight is 492 g/mol. The van der Waals surface area contributed by atoms with E-state index in [9.17, 15) is 9.90 Å². The molecule has 1 heterocycles. The molecular weight excluding hydrogens is 463 g/mol. The number of ether oxygens (including phenoxy) is 2. The van der Waals surface area contributed by atoms with Crippen LogP contribution in [0.4, 0.5) is 4.79 Å². The molecule has 0 aromatic heterocycles. The van der Waals surface area contributed by atoms with Crippen LogP contribution in [-0.4, -0.2) is 62.0 Å². The molecule has 1 aromatic carbocycles. The minimum Gasteiger partial charge on any atom is -0.504 e. The van der Waals surface area contributed by atoms with Crippen molar-refractivity contribution in [3.63, 3.8) is 0 Å². The highest BCUT2D eigenvalue weighted by Crippen LogP contribution is 2.26. The number of carbonyl (C=O) groups is 1. The third-order valence-corrected chi connectivity index (χ3v) is 4.28. The Bertz CT molecular complexity index is 634. The first kappa shape index (κ1) is 23.1. The van der Waals surface area contributed by atoms with Gasteiger partial charge in [-0.15, -0.1) is 24.0 Å². The number of rotatable bonds is 5. The van der Waals surface area contributed by atoms with E-state index in [1.807, 2.05) is 13.0 Å². The van der Waals surface area contributed by atoms with Crippen molar-refractivity contribution in [3.05, 3.63) is 23.8 Å². The Morgan fingerprint density at radius 3 is 2.59 bits per heavy atom. The summed E-state index contributed by atoms with van der Waals surface area (Å²) in [6, 6.07) is 5.50. The highest BCUT2D eigenvalue weighted by molar-refractivity contribution is 14.0. The van der Waals surface area contributed by atoms with Crippen molar-refractivity contribution in [2.24, 2.45) is 4.99 Å². The molecule has 0 aliphatic carbocycles. The molecule has 0 unspecified atom stereocenters. The predicted molar refractivity (Wildman–Crippen MR) is 115 cm³/mol. The highest BCUT2D eigenvalue weighted by atomic mass is 127. The number of phenolic OH excluding ortho intramolecular Hbond substituents is 1. The number of likely N-dealkylation sites (tertiary alicyclic amines) is 1. The normalized spacial score (nSPS) is 14.9. The van der Waals surface area contributed by atoms with Gasteiger partial charge in [0.25, 0.3) is 0 Å². The van der Waals surface area contributed by atoms with E-state index in [0.717, 1.165) is 30.9 Å². The summed E-state index contributed by atoms with van der Waals surface area (Å²) in [6.07, 6.45) is 1.40. The minimum absolute atomic E-state index is 0. The van der Waals surface area contributed by atoms with E-state index in [0.29, 0.717) is 25.4 Å². The zero-order valence-corrected chi connectivity index (χ0v) is 18.4. The minimum atomic E-state index is -0.275. The van der Waals surface area contributed by atoms with Crippen LogP contribution in [0.25, 0.3) is 0 Å². The number of halogens is 1. The molecule has 8 nitrogen and oxygen atoms in total. The van der Waals surface area contributed by atoms with Crippen molar-refractivity contribution < 1.29 is 19.4 Å². The lowest BCUT2D eigenvalue weighted by Gasteiger charge is -2.32. The van der Waals surface area contributed by atoms with Gasteiger partial charge in [0.15, 0.2) is 17.5 Å². The Labute approximate surface area is 177 Å². The number of carbonyl (C=O) groups excluding carboxylic acids is 1. The van der Waals surface area contributed by atoms with Crippen molar-refractivity contribution >= 4 is 36.0 Å². The third kappa shape index (κ3) is 6.96. The first-order chi connectivity index (χ1) is 12.6. The van der Waals surface area contributed by atoms with Gasteiger partial charge in [0.2, 0.25) is 0 Å². The Morgan fingerprint density at radius 2 is 2.04 bits per heavy atom. The van der Waals surface area contributed by atoms with E-state index in [-0.39, 0.29) is 41.9 Å². The molecule has 152 valence electrons. The maximum Gasteiger partial charge on any atom is 0.409 e. The number of methoxy groups -OCH3 is 2. The third-order valence-electron chi connectivity index (χ3n) is 4.28. The van der Waals surface area contributed by atoms with Gasteiger partial charge in [-0.25, -0.2) is 9.79 Å². The Kier molecular flexibility index (Phi) is 10.0. The number of guanidine groups is 1. The van der Waals surface area contributed by atoms with Crippen LogP contribution in [0.15, 0.2) is 23.2 Å². The van der Waals surface area contributed by atoms with Gasteiger partial charge >= 0.3 is 6.09 Å². The van der Waals surface area contributed by atoms with E-state index in [1.165, 1.54) is 14.2 Å². The summed E-state index contributed by atoms with van der Waals surface area (Å²) in [5, 5.41) is 16.5. The number of piperidine rings is 1. The predicted octanol–water partition coefficient (Wildman–Crippen LogP) is 2.30. The van der Waals surface area contributed by atoms with Crippen molar-refractivity contribution in [3.8, 4) is 11.5 Å². The molecular formula is C18H29IN4O4. The van der Waals surface area contributed by atoms with Gasteiger partial charge in [-0.1, -0.05) is 6.07 Å². The van der Waals surface area contributed by atoms with Gasteiger partial charge in [0, 0.05) is 25.7 Å². The van der Waals surface area contributed by atoms with E-state index in [4.69, 9.17) is 9.47 Å². The molecule has 1 aromatic rings. The fraction of sp³-hybridized carbons (Fsp3) is 0.556. The first-order valence-electron chi connectivity index (χ1n) is 8.81. The van der Waals surface area contributed by atoms with Gasteiger partial charge in [-0.2, -0.15) is 0 Å². The van der Waals surface area contributed by atoms with Crippen LogP contribution in [0.1, 0.15) is 25.3 Å². The summed E-state index contributed by atoms with van der Waals surface area (Å²) in [5.74, 6) is 1.27. The van der Waals surface area contributed by atoms with Gasteiger partial charge in [0.05, 0.1) is 20.8 Å². The fourth-order valence-electron chi connectivity index (χ4n) is 2.85. The van der Waals surface area contributed by atoms with Crippen LogP contribution in [0.3, 0.4) is 0 Å². The largest absolute Gasteiger partial charge is 0.504 e. The number of hydrogen-bond acceptors (Lipinski definition) is 5. The number of phenols is 1. The second-order valence-corrected chi connectivity index (χ2v) is 6.08. The lowest BCUT2D eigenvalue weighted by molar-refractivity contribution is 0.111. The summed E-state index contributed by atoms with van der Waals surface area (Å²) in [7, 11) is 2.92. The summed E-state index contributed by atoms with van der Waals surface area (Å²) >= 11 is 0. The number of amides is 1. The van der Waals surface area contributed by atoms with E-state index < -0.39 is 0 Å². The molecule has 2 rings (SSSR count). The number of aromatic hydroxyl groups is 1. The Morgan fingerprint density at radius 1 is 1.33 bits per heavy atom. The first-order valence-corrected chi connectivity index (χ1v) is 8.81. The molecule has 1 saturated heterocycles. The summed E-state index contributed by atoms with van der Waals surface area (Å²) in [4.78, 5) is 17.8. The quantitative estimate of drug-likeness (QED) is 0.332. The maximum atomic E-state index is 11.5. The number of benzene rings is 1.